The maximum atomic E-state index is 12.4. The SMILES string of the molecule is Cc1cc(O)ccc1CC(NC(=O)OCC1c2ccccc2-c2ccccc21)C(=O)O. The maximum absolute atomic E-state index is 12.4. The van der Waals surface area contributed by atoms with Crippen LogP contribution in [0.5, 0.6) is 5.75 Å². The highest BCUT2D eigenvalue weighted by atomic mass is 16.5. The first-order valence-electron chi connectivity index (χ1n) is 10.1. The smallest absolute Gasteiger partial charge is 0.407 e. The third kappa shape index (κ3) is 4.23. The largest absolute Gasteiger partial charge is 0.508 e. The molecule has 31 heavy (non-hydrogen) atoms. The molecule has 0 saturated heterocycles. The van der Waals surface area contributed by atoms with Crippen LogP contribution in [0.25, 0.3) is 11.1 Å². The van der Waals surface area contributed by atoms with E-state index in [4.69, 9.17) is 4.74 Å². The van der Waals surface area contributed by atoms with Crippen molar-refractivity contribution in [1.29, 1.82) is 0 Å². The molecule has 6 heteroatoms. The standard InChI is InChI=1S/C25H23NO5/c1-15-12-17(27)11-10-16(15)13-23(24(28)29)26-25(30)31-14-22-20-8-4-2-6-18(20)19-7-3-5-9-21(19)22/h2-12,22-23,27H,13-14H2,1H3,(H,26,30)(H,28,29). The van der Waals surface area contributed by atoms with Gasteiger partial charge in [-0.05, 0) is 52.4 Å². The van der Waals surface area contributed by atoms with E-state index in [1.807, 2.05) is 36.4 Å². The second-order valence-electron chi connectivity index (χ2n) is 7.68. The van der Waals surface area contributed by atoms with Crippen LogP contribution in [0.1, 0.15) is 28.2 Å². The number of hydrogen-bond acceptors (Lipinski definition) is 4. The molecule has 3 N–H and O–H groups in total. The molecule has 0 bridgehead atoms. The van der Waals surface area contributed by atoms with Gasteiger partial charge in [0.1, 0.15) is 18.4 Å². The van der Waals surface area contributed by atoms with Crippen molar-refractivity contribution in [2.45, 2.75) is 25.3 Å². The van der Waals surface area contributed by atoms with Crippen molar-refractivity contribution in [2.24, 2.45) is 0 Å². The molecule has 1 unspecified atom stereocenters. The van der Waals surface area contributed by atoms with E-state index in [9.17, 15) is 19.8 Å². The summed E-state index contributed by atoms with van der Waals surface area (Å²) in [7, 11) is 0. The molecule has 1 amide bonds. The van der Waals surface area contributed by atoms with Crippen molar-refractivity contribution < 1.29 is 24.5 Å². The minimum atomic E-state index is -1.15. The van der Waals surface area contributed by atoms with Gasteiger partial charge in [-0.1, -0.05) is 54.6 Å². The second-order valence-corrected chi connectivity index (χ2v) is 7.68. The Labute approximate surface area is 180 Å². The van der Waals surface area contributed by atoms with E-state index in [1.54, 1.807) is 19.1 Å². The Bertz CT molecular complexity index is 1090. The number of phenolic OH excluding ortho intramolecular Hbond substituents is 1. The average Bonchev–Trinajstić information content (AvgIpc) is 3.07. The summed E-state index contributed by atoms with van der Waals surface area (Å²) in [6.45, 7) is 1.89. The van der Waals surface area contributed by atoms with Crippen molar-refractivity contribution in [2.75, 3.05) is 6.61 Å². The first-order valence-corrected chi connectivity index (χ1v) is 10.1. The predicted molar refractivity (Wildman–Crippen MR) is 116 cm³/mol. The summed E-state index contributed by atoms with van der Waals surface area (Å²) in [5.41, 5.74) is 5.90. The zero-order valence-corrected chi connectivity index (χ0v) is 17.0. The van der Waals surface area contributed by atoms with Crippen LogP contribution in [0.4, 0.5) is 4.79 Å². The number of carbonyl (C=O) groups excluding carboxylic acids is 1. The lowest BCUT2D eigenvalue weighted by atomic mass is 9.98. The highest BCUT2D eigenvalue weighted by Crippen LogP contribution is 2.44. The molecule has 0 aliphatic heterocycles. The lowest BCUT2D eigenvalue weighted by molar-refractivity contribution is -0.139. The molecule has 0 heterocycles. The average molecular weight is 417 g/mol. The minimum absolute atomic E-state index is 0.0889. The number of aryl methyl sites for hydroxylation is 1. The summed E-state index contributed by atoms with van der Waals surface area (Å²) < 4.78 is 5.45. The molecular formula is C25H23NO5. The lowest BCUT2D eigenvalue weighted by Crippen LogP contribution is -2.43. The van der Waals surface area contributed by atoms with Gasteiger partial charge in [0.05, 0.1) is 0 Å². The van der Waals surface area contributed by atoms with Crippen LogP contribution < -0.4 is 5.32 Å². The third-order valence-corrected chi connectivity index (χ3v) is 5.68. The molecule has 158 valence electrons. The Morgan fingerprint density at radius 3 is 2.19 bits per heavy atom. The van der Waals surface area contributed by atoms with Crippen LogP contribution >= 0.6 is 0 Å². The van der Waals surface area contributed by atoms with Gasteiger partial charge in [-0.3, -0.25) is 0 Å². The van der Waals surface area contributed by atoms with Gasteiger partial charge in [0.25, 0.3) is 0 Å². The number of aromatic hydroxyl groups is 1. The van der Waals surface area contributed by atoms with Gasteiger partial charge in [0.15, 0.2) is 0 Å². The van der Waals surface area contributed by atoms with Crippen molar-refractivity contribution in [1.82, 2.24) is 5.32 Å². The number of phenols is 1. The zero-order chi connectivity index (χ0) is 22.0. The van der Waals surface area contributed by atoms with Gasteiger partial charge in [-0.25, -0.2) is 9.59 Å². The summed E-state index contributed by atoms with van der Waals surface area (Å²) in [5, 5.41) is 21.5. The van der Waals surface area contributed by atoms with Crippen molar-refractivity contribution >= 4 is 12.1 Å². The molecule has 3 aromatic rings. The van der Waals surface area contributed by atoms with Gasteiger partial charge in [-0.2, -0.15) is 0 Å². The van der Waals surface area contributed by atoms with E-state index in [0.29, 0.717) is 0 Å². The Hall–Kier alpha value is -3.80. The van der Waals surface area contributed by atoms with Gasteiger partial charge >= 0.3 is 12.1 Å². The van der Waals surface area contributed by atoms with E-state index < -0.39 is 18.1 Å². The molecule has 1 aliphatic rings. The molecular weight excluding hydrogens is 394 g/mol. The maximum Gasteiger partial charge on any atom is 0.407 e. The Kier molecular flexibility index (Phi) is 5.62. The molecule has 0 spiro atoms. The van der Waals surface area contributed by atoms with E-state index in [0.717, 1.165) is 33.4 Å². The lowest BCUT2D eigenvalue weighted by Gasteiger charge is -2.18. The van der Waals surface area contributed by atoms with Crippen LogP contribution in [0.3, 0.4) is 0 Å². The number of hydrogen-bond donors (Lipinski definition) is 3. The molecule has 0 radical (unpaired) electrons. The van der Waals surface area contributed by atoms with Crippen LogP contribution in [0.15, 0.2) is 66.7 Å². The summed E-state index contributed by atoms with van der Waals surface area (Å²) >= 11 is 0. The van der Waals surface area contributed by atoms with Crippen molar-refractivity contribution in [3.8, 4) is 16.9 Å². The predicted octanol–water partition coefficient (Wildman–Crippen LogP) is 4.24. The van der Waals surface area contributed by atoms with Gasteiger partial charge in [0.2, 0.25) is 0 Å². The summed E-state index contributed by atoms with van der Waals surface area (Å²) in [6.07, 6.45) is -0.684. The number of rotatable bonds is 6. The van der Waals surface area contributed by atoms with Crippen LogP contribution in [-0.2, 0) is 16.0 Å². The van der Waals surface area contributed by atoms with Crippen LogP contribution in [0, 0.1) is 6.92 Å². The molecule has 0 aromatic heterocycles. The quantitative estimate of drug-likeness (QED) is 0.558. The number of alkyl carbamates (subject to hydrolysis) is 1. The van der Waals surface area contributed by atoms with Crippen LogP contribution in [-0.4, -0.2) is 34.9 Å². The first-order chi connectivity index (χ1) is 14.9. The monoisotopic (exact) mass is 417 g/mol. The number of ether oxygens (including phenoxy) is 1. The minimum Gasteiger partial charge on any atom is -0.508 e. The van der Waals surface area contributed by atoms with E-state index in [2.05, 4.69) is 17.4 Å². The summed E-state index contributed by atoms with van der Waals surface area (Å²) in [4.78, 5) is 24.1. The Balaban J connectivity index is 1.44. The van der Waals surface area contributed by atoms with E-state index in [1.165, 1.54) is 6.07 Å². The van der Waals surface area contributed by atoms with Gasteiger partial charge < -0.3 is 20.3 Å². The number of fused-ring (bicyclic) bond motifs is 3. The first kappa shape index (κ1) is 20.5. The van der Waals surface area contributed by atoms with Crippen LogP contribution in [0.2, 0.25) is 0 Å². The number of nitrogens with one attached hydrogen (secondary N) is 1. The normalized spacial score (nSPS) is 13.2. The van der Waals surface area contributed by atoms with Gasteiger partial charge in [0, 0.05) is 12.3 Å². The summed E-state index contributed by atoms with van der Waals surface area (Å²) in [5.74, 6) is -1.14. The highest BCUT2D eigenvalue weighted by molar-refractivity contribution is 5.81. The molecule has 6 nitrogen and oxygen atoms in total. The third-order valence-electron chi connectivity index (χ3n) is 5.68. The Morgan fingerprint density at radius 2 is 1.61 bits per heavy atom. The Morgan fingerprint density at radius 1 is 1.00 bits per heavy atom. The van der Waals surface area contributed by atoms with Crippen molar-refractivity contribution in [3.05, 3.63) is 89.0 Å². The summed E-state index contributed by atoms with van der Waals surface area (Å²) in [6, 6.07) is 19.6. The number of carboxylic acid groups (broad SMARTS) is 1. The molecule has 0 fully saturated rings. The fourth-order valence-corrected chi connectivity index (χ4v) is 4.11. The molecule has 3 aromatic carbocycles. The number of amides is 1. The highest BCUT2D eigenvalue weighted by Gasteiger charge is 2.29. The molecule has 1 aliphatic carbocycles. The van der Waals surface area contributed by atoms with Gasteiger partial charge in [-0.15, -0.1) is 0 Å². The van der Waals surface area contributed by atoms with E-state index >= 15 is 0 Å². The zero-order valence-electron chi connectivity index (χ0n) is 17.0. The molecule has 4 rings (SSSR count). The van der Waals surface area contributed by atoms with E-state index in [-0.39, 0.29) is 24.7 Å². The number of aliphatic carboxylic acids is 1. The molecule has 1 atom stereocenters. The number of carboxylic acids is 1. The fraction of sp³-hybridized carbons (Fsp3) is 0.200. The topological polar surface area (TPSA) is 95.9 Å². The fourth-order valence-electron chi connectivity index (χ4n) is 4.11. The van der Waals surface area contributed by atoms with Crippen molar-refractivity contribution in [3.63, 3.8) is 0 Å². The second kappa shape index (κ2) is 8.52. The molecule has 0 saturated carbocycles. The number of carbonyl (C=O) groups is 2. The number of benzene rings is 3.